The smallest absolute Gasteiger partial charge is 0.231 e. The third-order valence-electron chi connectivity index (χ3n) is 4.95. The van der Waals surface area contributed by atoms with Crippen LogP contribution in [0.25, 0.3) is 11.0 Å². The number of nitrogens with one attached hydrogen (secondary N) is 3. The van der Waals surface area contributed by atoms with Crippen LogP contribution in [0.15, 0.2) is 66.9 Å². The Balaban J connectivity index is 1.34. The quantitative estimate of drug-likeness (QED) is 0.420. The van der Waals surface area contributed by atoms with Crippen LogP contribution in [0.5, 0.6) is 11.5 Å². The second-order valence-electron chi connectivity index (χ2n) is 6.97. The lowest BCUT2D eigenvalue weighted by atomic mass is 9.93. The molecular formula is C22H21N5O. The maximum atomic E-state index is 5.84. The lowest BCUT2D eigenvalue weighted by Gasteiger charge is -2.27. The van der Waals surface area contributed by atoms with E-state index in [1.165, 1.54) is 19.3 Å². The first-order valence-electron chi connectivity index (χ1n) is 9.55. The Morgan fingerprint density at radius 2 is 1.68 bits per heavy atom. The van der Waals surface area contributed by atoms with Crippen molar-refractivity contribution in [1.29, 1.82) is 0 Å². The maximum absolute atomic E-state index is 5.84. The molecule has 2 aromatic heterocycles. The minimum atomic E-state index is 0.510. The molecule has 0 saturated heterocycles. The van der Waals surface area contributed by atoms with Gasteiger partial charge in [0.2, 0.25) is 5.95 Å². The van der Waals surface area contributed by atoms with Crippen molar-refractivity contribution in [3.63, 3.8) is 0 Å². The Hall–Kier alpha value is -3.54. The standard InChI is InChI=1S/C22H21N5O/c1-2-7-17(8-3-1)28-18-11-9-16(10-12-18)25-22-26-20-19(13-14-23-20)21(27-22)24-15-5-4-6-15/h1-3,7-15H,4-6H2,(H3,23,24,25,26,27). The van der Waals surface area contributed by atoms with Crippen LogP contribution in [-0.2, 0) is 0 Å². The third-order valence-corrected chi connectivity index (χ3v) is 4.95. The molecule has 5 rings (SSSR count). The molecule has 1 fully saturated rings. The van der Waals surface area contributed by atoms with Crippen LogP contribution >= 0.6 is 0 Å². The molecule has 0 atom stereocenters. The van der Waals surface area contributed by atoms with Crippen LogP contribution in [-0.4, -0.2) is 21.0 Å². The third kappa shape index (κ3) is 3.49. The molecule has 0 unspecified atom stereocenters. The predicted octanol–water partition coefficient (Wildman–Crippen LogP) is 5.46. The molecular weight excluding hydrogens is 350 g/mol. The highest BCUT2D eigenvalue weighted by Crippen LogP contribution is 2.29. The van der Waals surface area contributed by atoms with E-state index in [-0.39, 0.29) is 0 Å². The summed E-state index contributed by atoms with van der Waals surface area (Å²) in [7, 11) is 0. The fourth-order valence-corrected chi connectivity index (χ4v) is 3.21. The van der Waals surface area contributed by atoms with Crippen LogP contribution in [0.1, 0.15) is 19.3 Å². The van der Waals surface area contributed by atoms with Crippen LogP contribution < -0.4 is 15.4 Å². The lowest BCUT2D eigenvalue weighted by Crippen LogP contribution is -2.27. The van der Waals surface area contributed by atoms with Crippen LogP contribution in [0, 0.1) is 0 Å². The Morgan fingerprint density at radius 3 is 2.43 bits per heavy atom. The largest absolute Gasteiger partial charge is 0.457 e. The molecule has 140 valence electrons. The average Bonchev–Trinajstić information content (AvgIpc) is 3.16. The SMILES string of the molecule is c1ccc(Oc2ccc(Nc3nc(NC4CCC4)c4cc[nH]c4n3)cc2)cc1. The zero-order valence-corrected chi connectivity index (χ0v) is 15.4. The normalized spacial score (nSPS) is 13.9. The van der Waals surface area contributed by atoms with E-state index in [0.717, 1.165) is 34.0 Å². The summed E-state index contributed by atoms with van der Waals surface area (Å²) >= 11 is 0. The van der Waals surface area contributed by atoms with E-state index < -0.39 is 0 Å². The molecule has 0 radical (unpaired) electrons. The van der Waals surface area contributed by atoms with Crippen molar-refractivity contribution in [2.24, 2.45) is 0 Å². The summed E-state index contributed by atoms with van der Waals surface area (Å²) in [5.74, 6) is 3.04. The van der Waals surface area contributed by atoms with Crippen LogP contribution in [0.2, 0.25) is 0 Å². The van der Waals surface area contributed by atoms with Gasteiger partial charge in [0.25, 0.3) is 0 Å². The number of hydrogen-bond donors (Lipinski definition) is 3. The molecule has 1 aliphatic rings. The number of rotatable bonds is 6. The summed E-state index contributed by atoms with van der Waals surface area (Å²) in [5.41, 5.74) is 1.73. The zero-order valence-electron chi connectivity index (χ0n) is 15.4. The second-order valence-corrected chi connectivity index (χ2v) is 6.97. The first kappa shape index (κ1) is 16.6. The average molecular weight is 371 g/mol. The van der Waals surface area contributed by atoms with Gasteiger partial charge in [-0.05, 0) is 61.7 Å². The Kier molecular flexibility index (Phi) is 4.29. The Morgan fingerprint density at radius 1 is 0.893 bits per heavy atom. The van der Waals surface area contributed by atoms with Crippen molar-refractivity contribution in [1.82, 2.24) is 15.0 Å². The number of anilines is 3. The van der Waals surface area contributed by atoms with Crippen molar-refractivity contribution in [2.75, 3.05) is 10.6 Å². The summed E-state index contributed by atoms with van der Waals surface area (Å²) in [6.07, 6.45) is 5.56. The predicted molar refractivity (Wildman–Crippen MR) is 111 cm³/mol. The summed E-state index contributed by atoms with van der Waals surface area (Å²) in [4.78, 5) is 12.5. The van der Waals surface area contributed by atoms with Crippen LogP contribution in [0.3, 0.4) is 0 Å². The van der Waals surface area contributed by atoms with E-state index in [2.05, 4.69) is 20.6 Å². The Bertz CT molecular complexity index is 1070. The van der Waals surface area contributed by atoms with Crippen molar-refractivity contribution in [2.45, 2.75) is 25.3 Å². The van der Waals surface area contributed by atoms with Crippen LogP contribution in [0.4, 0.5) is 17.5 Å². The number of H-pyrrole nitrogens is 1. The van der Waals surface area contributed by atoms with Crippen molar-refractivity contribution < 1.29 is 4.74 Å². The molecule has 3 N–H and O–H groups in total. The number of fused-ring (bicyclic) bond motifs is 1. The number of ether oxygens (including phenoxy) is 1. The van der Waals surface area contributed by atoms with E-state index in [9.17, 15) is 0 Å². The molecule has 0 spiro atoms. The second kappa shape index (κ2) is 7.23. The van der Waals surface area contributed by atoms with Crippen molar-refractivity contribution in [3.8, 4) is 11.5 Å². The maximum Gasteiger partial charge on any atom is 0.231 e. The number of para-hydroxylation sites is 1. The van der Waals surface area contributed by atoms with E-state index >= 15 is 0 Å². The van der Waals surface area contributed by atoms with E-state index in [4.69, 9.17) is 9.72 Å². The summed E-state index contributed by atoms with van der Waals surface area (Å²) in [5, 5.41) is 7.85. The van der Waals surface area contributed by atoms with Gasteiger partial charge in [-0.3, -0.25) is 0 Å². The molecule has 2 aromatic carbocycles. The molecule has 1 saturated carbocycles. The van der Waals surface area contributed by atoms with Gasteiger partial charge < -0.3 is 20.4 Å². The first-order chi connectivity index (χ1) is 13.8. The topological polar surface area (TPSA) is 74.9 Å². The van der Waals surface area contributed by atoms with Gasteiger partial charge in [-0.25, -0.2) is 0 Å². The summed E-state index contributed by atoms with van der Waals surface area (Å²) in [6, 6.07) is 20.0. The molecule has 0 amide bonds. The van der Waals surface area contributed by atoms with Gasteiger partial charge in [0.1, 0.15) is 23.0 Å². The molecule has 6 nitrogen and oxygen atoms in total. The van der Waals surface area contributed by atoms with Gasteiger partial charge in [-0.2, -0.15) is 9.97 Å². The number of benzene rings is 2. The zero-order chi connectivity index (χ0) is 18.8. The van der Waals surface area contributed by atoms with Crippen molar-refractivity contribution in [3.05, 3.63) is 66.9 Å². The van der Waals surface area contributed by atoms with E-state index in [1.54, 1.807) is 0 Å². The van der Waals surface area contributed by atoms with Gasteiger partial charge in [-0.15, -0.1) is 0 Å². The highest BCUT2D eigenvalue weighted by Gasteiger charge is 2.19. The van der Waals surface area contributed by atoms with E-state index in [1.807, 2.05) is 66.9 Å². The van der Waals surface area contributed by atoms with Crippen molar-refractivity contribution >= 4 is 28.5 Å². The molecule has 28 heavy (non-hydrogen) atoms. The molecule has 4 aromatic rings. The number of aromatic nitrogens is 3. The molecule has 0 bridgehead atoms. The fourth-order valence-electron chi connectivity index (χ4n) is 3.21. The molecule has 6 heteroatoms. The molecule has 2 heterocycles. The van der Waals surface area contributed by atoms with Gasteiger partial charge >= 0.3 is 0 Å². The summed E-state index contributed by atoms with van der Waals surface area (Å²) in [6.45, 7) is 0. The minimum Gasteiger partial charge on any atom is -0.457 e. The molecule has 0 aliphatic heterocycles. The van der Waals surface area contributed by atoms with E-state index in [0.29, 0.717) is 12.0 Å². The lowest BCUT2D eigenvalue weighted by molar-refractivity contribution is 0.445. The minimum absolute atomic E-state index is 0.510. The number of hydrogen-bond acceptors (Lipinski definition) is 5. The Labute approximate surface area is 163 Å². The van der Waals surface area contributed by atoms with Gasteiger partial charge in [0, 0.05) is 17.9 Å². The van der Waals surface area contributed by atoms with Gasteiger partial charge in [-0.1, -0.05) is 18.2 Å². The number of aromatic amines is 1. The van der Waals surface area contributed by atoms with Gasteiger partial charge in [0.05, 0.1) is 5.39 Å². The highest BCUT2D eigenvalue weighted by molar-refractivity contribution is 5.88. The number of nitrogens with zero attached hydrogens (tertiary/aromatic N) is 2. The summed E-state index contributed by atoms with van der Waals surface area (Å²) < 4.78 is 5.84. The monoisotopic (exact) mass is 371 g/mol. The fraction of sp³-hybridized carbons (Fsp3) is 0.182. The van der Waals surface area contributed by atoms with Gasteiger partial charge in [0.15, 0.2) is 0 Å². The first-order valence-corrected chi connectivity index (χ1v) is 9.55. The molecule has 1 aliphatic carbocycles. The highest BCUT2D eigenvalue weighted by atomic mass is 16.5.